The number of hydrogen-bond acceptors (Lipinski definition) is 16. The van der Waals surface area contributed by atoms with Gasteiger partial charge in [-0.15, -0.1) is 76.3 Å². The van der Waals surface area contributed by atoms with Gasteiger partial charge in [-0.1, -0.05) is 173 Å². The number of aryl methyl sites for hydroxylation is 3. The van der Waals surface area contributed by atoms with Crippen molar-refractivity contribution in [3.8, 4) is 79.9 Å². The molecule has 135 heavy (non-hydrogen) atoms. The molecule has 0 saturated carbocycles. The first-order valence-electron chi connectivity index (χ1n) is 42.2. The fourth-order valence-corrected chi connectivity index (χ4v) is 16.5. The first-order valence-corrected chi connectivity index (χ1v) is 42.2. The van der Waals surface area contributed by atoms with Crippen LogP contribution in [0.4, 0.5) is 28.8 Å². The molecule has 0 aliphatic carbocycles. The van der Waals surface area contributed by atoms with Crippen molar-refractivity contribution in [1.82, 2.24) is 77.5 Å². The number of hydrogen-bond donors (Lipinski definition) is 0. The third-order valence-corrected chi connectivity index (χ3v) is 22.5. The molecule has 662 valence electrons. The van der Waals surface area contributed by atoms with Crippen molar-refractivity contribution >= 4 is 123 Å². The number of benzene rings is 7. The Morgan fingerprint density at radius 1 is 0.474 bits per heavy atom. The molecule has 0 unspecified atom stereocenters. The predicted molar refractivity (Wildman–Crippen MR) is 508 cm³/mol. The second kappa shape index (κ2) is 39.8. The summed E-state index contributed by atoms with van der Waals surface area (Å²) >= 11 is 0. The summed E-state index contributed by atoms with van der Waals surface area (Å²) in [6, 6.07) is 115. The first-order chi connectivity index (χ1) is 64.7. The number of fused-ring (bicyclic) bond motifs is 9. The molecule has 18 heterocycles. The van der Waals surface area contributed by atoms with Gasteiger partial charge in [0.2, 0.25) is 0 Å². The van der Waals surface area contributed by atoms with E-state index in [0.717, 1.165) is 180 Å². The molecule has 28 heteroatoms. The van der Waals surface area contributed by atoms with Gasteiger partial charge >= 0.3 is 39.0 Å². The molecule has 0 N–H and O–H groups in total. The van der Waals surface area contributed by atoms with Crippen LogP contribution in [0.5, 0.6) is 0 Å². The van der Waals surface area contributed by atoms with E-state index in [1.807, 2.05) is 308 Å². The van der Waals surface area contributed by atoms with Crippen LogP contribution >= 0.6 is 0 Å². The first kappa shape index (κ1) is 89.9. The Kier molecular flexibility index (Phi) is 26.5. The molecule has 0 aliphatic rings. The summed E-state index contributed by atoms with van der Waals surface area (Å²) < 4.78 is 36.1. The van der Waals surface area contributed by atoms with Crippen LogP contribution in [0.25, 0.3) is 168 Å². The molecular formula is C107H73N20O4Rh4-. The van der Waals surface area contributed by atoms with Crippen molar-refractivity contribution in [1.29, 1.82) is 0 Å². The molecule has 24 nitrogen and oxygen atoms in total. The van der Waals surface area contributed by atoms with Gasteiger partial charge in [0.05, 0.1) is 28.9 Å². The molecule has 7 aromatic carbocycles. The third kappa shape index (κ3) is 17.9. The number of imidazole rings is 1. The van der Waals surface area contributed by atoms with Gasteiger partial charge in [0.1, 0.15) is 64.3 Å². The number of pyridine rings is 7. The molecule has 18 aromatic heterocycles. The van der Waals surface area contributed by atoms with E-state index in [0.29, 0.717) is 29.6 Å². The van der Waals surface area contributed by atoms with E-state index in [2.05, 4.69) is 141 Å². The van der Waals surface area contributed by atoms with E-state index < -0.39 is 0 Å². The minimum Gasteiger partial charge on any atom is -0.535 e. The fourth-order valence-electron chi connectivity index (χ4n) is 16.5. The Bertz CT molecular complexity index is 8450. The van der Waals surface area contributed by atoms with Crippen LogP contribution in [0, 0.1) is 30.5 Å². The molecule has 0 bridgehead atoms. The summed E-state index contributed by atoms with van der Waals surface area (Å²) in [7, 11) is 5.99. The molecule has 0 saturated heterocycles. The van der Waals surface area contributed by atoms with Crippen LogP contribution in [-0.2, 0) is 99.1 Å². The molecule has 0 amide bonds. The number of para-hydroxylation sites is 5. The minimum absolute atomic E-state index is 0. The number of oxazole rings is 1. The zero-order valence-corrected chi connectivity index (χ0v) is 78.5. The molecular weight excluding hydrogens is 2040 g/mol. The van der Waals surface area contributed by atoms with Gasteiger partial charge in [-0.25, -0.2) is 39.6 Å². The van der Waals surface area contributed by atoms with Crippen molar-refractivity contribution in [2.75, 3.05) is 16.5 Å². The smallest absolute Gasteiger partial charge is 0.535 e. The van der Waals surface area contributed by atoms with Crippen LogP contribution in [-0.4, -0.2) is 85.4 Å². The summed E-state index contributed by atoms with van der Waals surface area (Å²) in [5, 5.41) is 10.4. The summed E-state index contributed by atoms with van der Waals surface area (Å²) in [4.78, 5) is 52.5. The van der Waals surface area contributed by atoms with Gasteiger partial charge in [-0.2, -0.15) is 29.4 Å². The van der Waals surface area contributed by atoms with Crippen molar-refractivity contribution in [3.05, 3.63) is 408 Å². The van der Waals surface area contributed by atoms with Crippen molar-refractivity contribution in [2.45, 2.75) is 0 Å². The maximum Gasteiger partial charge on any atom is 2.00 e. The van der Waals surface area contributed by atoms with Gasteiger partial charge in [0.25, 0.3) is 0 Å². The second-order valence-corrected chi connectivity index (χ2v) is 30.7. The molecule has 0 fully saturated rings. The maximum atomic E-state index is 6.06. The number of furan rings is 3. The molecule has 25 rings (SSSR count). The SMILES string of the molecule is Cn1[c-]c(-c2nc3c(ccn3-c3cccc(-n4cccn4)n3)o2)c2ccccc21.Cn1cc(-c2cccc(N(CN=Cc3coc4oc[c-]c34)c3ccccc3)n2)c2[n-]c[n+](C)c21.[Rh+2].[Rh+2].[Rh].[Rh].[c-]1ccccc1-c1cccc(-n2c3ccccc3c3ccc(-c4ccccn4)nc32)n1.[c-]1coc2cccc(-c3cccc(N(c4ccccc4)c4cccc(-n5ccc6ccc[c-]c65)n4)n3)c12. The van der Waals surface area contributed by atoms with E-state index in [4.69, 9.17) is 52.6 Å². The average molecular weight is 2110 g/mol. The normalized spacial score (nSPS) is 11.1. The van der Waals surface area contributed by atoms with Crippen LogP contribution < -0.4 is 19.4 Å². The van der Waals surface area contributed by atoms with Crippen LogP contribution in [0.1, 0.15) is 5.56 Å². The zero-order valence-electron chi connectivity index (χ0n) is 71.9. The summed E-state index contributed by atoms with van der Waals surface area (Å²) in [5.74, 6) is 6.42. The number of aromatic nitrogens is 17. The molecule has 25 aromatic rings. The summed E-state index contributed by atoms with van der Waals surface area (Å²) in [6.07, 6.45) is 23.0. The monoisotopic (exact) mass is 2110 g/mol. The van der Waals surface area contributed by atoms with Crippen molar-refractivity contribution in [2.24, 2.45) is 26.1 Å². The predicted octanol–water partition coefficient (Wildman–Crippen LogP) is 22.5. The van der Waals surface area contributed by atoms with E-state index in [1.165, 1.54) is 6.26 Å². The van der Waals surface area contributed by atoms with Crippen LogP contribution in [0.3, 0.4) is 0 Å². The fraction of sp³-hybridized carbons (Fsp3) is 0.0374. The molecule has 0 spiro atoms. The Hall–Kier alpha value is -15.7. The Balaban J connectivity index is 0.000000119. The minimum atomic E-state index is 0. The summed E-state index contributed by atoms with van der Waals surface area (Å²) in [6.45, 7) is 0.374. The van der Waals surface area contributed by atoms with Crippen molar-refractivity contribution in [3.63, 3.8) is 0 Å². The van der Waals surface area contributed by atoms with E-state index in [1.54, 1.807) is 35.8 Å². The van der Waals surface area contributed by atoms with E-state index >= 15 is 0 Å². The second-order valence-electron chi connectivity index (χ2n) is 30.7. The Morgan fingerprint density at radius 3 is 1.97 bits per heavy atom. The Labute approximate surface area is 824 Å². The van der Waals surface area contributed by atoms with Gasteiger partial charge in [-0.3, -0.25) is 29.0 Å². The largest absolute Gasteiger partial charge is 2.00 e. The number of nitrogens with zero attached hydrogens (tertiary/aromatic N) is 20. The average Bonchev–Trinajstić information content (AvgIpc) is 1.59. The summed E-state index contributed by atoms with van der Waals surface area (Å²) in [5.41, 5.74) is 19.0. The van der Waals surface area contributed by atoms with Crippen LogP contribution in [0.2, 0.25) is 0 Å². The number of rotatable bonds is 17. The van der Waals surface area contributed by atoms with Gasteiger partial charge in [0, 0.05) is 148 Å². The Morgan fingerprint density at radius 2 is 1.16 bits per heavy atom. The van der Waals surface area contributed by atoms with E-state index in [9.17, 15) is 0 Å². The number of anilines is 5. The maximum absolute atomic E-state index is 6.06. The van der Waals surface area contributed by atoms with Crippen LogP contribution in [0.15, 0.2) is 394 Å². The van der Waals surface area contributed by atoms with Crippen molar-refractivity contribution < 1.29 is 100 Å². The van der Waals surface area contributed by atoms with Gasteiger partial charge < -0.3 is 40.8 Å². The number of aliphatic imine (C=N–C) groups is 1. The van der Waals surface area contributed by atoms with Gasteiger partial charge in [-0.05, 0) is 140 Å². The van der Waals surface area contributed by atoms with E-state index in [-0.39, 0.29) is 77.9 Å². The standard InChI is InChI=1S/C32H20N4O.C27H17N4.C26H21N6O2.C22H15N6O.4Rh/c1-2-10-24(11-3-1)36(31-17-7-13-27(33-31)25-12-6-15-29-26(25)20-22-37-29)32-18-8-16-30(34-32)35-21-19-23-9-4-5-14-28(23)35;1-2-9-19(10-3-1)22-13-8-15-26(29-22)31-25-14-5-4-11-20(25)21-16-17-24(30-27(21)31)23-12-6-7-18-28-23;1-30-14-21(24-25(30)31(2)17-28-24)22-9-6-10-23(29-22)32(19-7-4-3-5-8-19)16-27-13-18-15-34-26-20(18)11-12-33-26;1-26-14-16(15-6-2-3-7-17(15)26)22-25-21-18(29-22)10-13-27(21)19-8-4-9-20(24-19)28-12-5-11-23-28;;;;/h1-13,15-19,21-22H;1-9,11-18H;3-10,12-15,17H,16H2,1-2H3;2-13H,1H3;;;;/q-2;3*-1;;;2*+2. The molecule has 0 atom stereocenters. The molecule has 0 aliphatic heterocycles. The topological polar surface area (TPSA) is 235 Å². The zero-order chi connectivity index (χ0) is 87.7. The molecule has 4 radical (unpaired) electrons. The van der Waals surface area contributed by atoms with Gasteiger partial charge in [0.15, 0.2) is 22.8 Å². The third-order valence-electron chi connectivity index (χ3n) is 22.5. The quantitative estimate of drug-likeness (QED) is 0.0357.